The Balaban J connectivity index is 1.56. The van der Waals surface area contributed by atoms with Crippen molar-refractivity contribution in [3.8, 4) is 0 Å². The number of benzene rings is 1. The predicted molar refractivity (Wildman–Crippen MR) is 108 cm³/mol. The first kappa shape index (κ1) is 19.6. The van der Waals surface area contributed by atoms with Crippen molar-refractivity contribution in [2.75, 3.05) is 6.54 Å². The van der Waals surface area contributed by atoms with Gasteiger partial charge in [-0.05, 0) is 62.4 Å². The van der Waals surface area contributed by atoms with E-state index in [1.165, 1.54) is 12.1 Å². The van der Waals surface area contributed by atoms with Crippen LogP contribution in [0.1, 0.15) is 60.6 Å². The normalized spacial score (nSPS) is 24.4. The highest BCUT2D eigenvalue weighted by Gasteiger charge is 2.45. The first-order valence-corrected chi connectivity index (χ1v) is 10.3. The summed E-state index contributed by atoms with van der Waals surface area (Å²) in [4.78, 5) is 31.7. The highest BCUT2D eigenvalue weighted by Crippen LogP contribution is 2.34. The van der Waals surface area contributed by atoms with Crippen molar-refractivity contribution in [1.82, 2.24) is 15.2 Å². The predicted octanol–water partition coefficient (Wildman–Crippen LogP) is 3.47. The van der Waals surface area contributed by atoms with Crippen LogP contribution in [0.5, 0.6) is 0 Å². The smallest absolute Gasteiger partial charge is 0.254 e. The van der Waals surface area contributed by atoms with E-state index < -0.39 is 0 Å². The molecule has 4 rings (SSSR count). The molecule has 152 valence electrons. The van der Waals surface area contributed by atoms with Crippen LogP contribution in [-0.2, 0) is 11.2 Å². The summed E-state index contributed by atoms with van der Waals surface area (Å²) in [5.41, 5.74) is 1.76. The molecule has 1 aromatic heterocycles. The fraction of sp³-hybridized carbons (Fsp3) is 0.435. The number of nitrogens with one attached hydrogen (secondary N) is 1. The highest BCUT2D eigenvalue weighted by atomic mass is 19.1. The topological polar surface area (TPSA) is 62.3 Å². The van der Waals surface area contributed by atoms with Crippen molar-refractivity contribution >= 4 is 11.8 Å². The van der Waals surface area contributed by atoms with Gasteiger partial charge in [0.1, 0.15) is 5.82 Å². The van der Waals surface area contributed by atoms with Crippen molar-refractivity contribution < 1.29 is 14.0 Å². The molecule has 1 aromatic carbocycles. The minimum atomic E-state index is -0.376. The summed E-state index contributed by atoms with van der Waals surface area (Å²) < 4.78 is 13.5. The lowest BCUT2D eigenvalue weighted by atomic mass is 9.81. The van der Waals surface area contributed by atoms with Crippen LogP contribution < -0.4 is 5.32 Å². The first-order valence-electron chi connectivity index (χ1n) is 10.3. The van der Waals surface area contributed by atoms with Gasteiger partial charge in [-0.2, -0.15) is 0 Å². The van der Waals surface area contributed by atoms with Crippen LogP contribution in [-0.4, -0.2) is 39.8 Å². The number of carbonyl (C=O) groups excluding carboxylic acids is 2. The van der Waals surface area contributed by atoms with Crippen LogP contribution in [0.4, 0.5) is 4.39 Å². The average molecular weight is 395 g/mol. The summed E-state index contributed by atoms with van der Waals surface area (Å²) in [7, 11) is 0. The maximum atomic E-state index is 13.5. The molecule has 2 aromatic rings. The lowest BCUT2D eigenvalue weighted by Crippen LogP contribution is -2.63. The quantitative estimate of drug-likeness (QED) is 0.866. The van der Waals surface area contributed by atoms with Crippen LogP contribution in [0, 0.1) is 5.82 Å². The summed E-state index contributed by atoms with van der Waals surface area (Å²) in [5.74, 6) is -0.233. The minimum Gasteiger partial charge on any atom is -0.349 e. The van der Waals surface area contributed by atoms with E-state index in [1.54, 1.807) is 24.4 Å². The third-order valence-corrected chi connectivity index (χ3v) is 6.11. The van der Waals surface area contributed by atoms with Gasteiger partial charge in [-0.25, -0.2) is 4.39 Å². The van der Waals surface area contributed by atoms with E-state index >= 15 is 0 Å². The van der Waals surface area contributed by atoms with Crippen LogP contribution >= 0.6 is 0 Å². The summed E-state index contributed by atoms with van der Waals surface area (Å²) in [6.45, 7) is 2.75. The number of amides is 2. The monoisotopic (exact) mass is 395 g/mol. The highest BCUT2D eigenvalue weighted by molar-refractivity contribution is 5.94. The third kappa shape index (κ3) is 4.16. The van der Waals surface area contributed by atoms with E-state index in [0.29, 0.717) is 24.9 Å². The molecular weight excluding hydrogens is 369 g/mol. The molecule has 2 saturated heterocycles. The molecule has 2 aliphatic heterocycles. The van der Waals surface area contributed by atoms with Gasteiger partial charge in [0.2, 0.25) is 5.91 Å². The van der Waals surface area contributed by atoms with Gasteiger partial charge in [0.25, 0.3) is 5.91 Å². The molecule has 2 amide bonds. The molecule has 2 fully saturated rings. The van der Waals surface area contributed by atoms with Gasteiger partial charge in [0.05, 0.1) is 11.6 Å². The second-order valence-corrected chi connectivity index (χ2v) is 8.32. The Bertz CT molecular complexity index is 932. The molecule has 3 heterocycles. The summed E-state index contributed by atoms with van der Waals surface area (Å²) >= 11 is 0. The van der Waals surface area contributed by atoms with Gasteiger partial charge >= 0.3 is 0 Å². The zero-order valence-electron chi connectivity index (χ0n) is 16.7. The van der Waals surface area contributed by atoms with Gasteiger partial charge in [0.15, 0.2) is 0 Å². The Morgan fingerprint density at radius 3 is 3.00 bits per heavy atom. The van der Waals surface area contributed by atoms with Gasteiger partial charge in [-0.1, -0.05) is 12.1 Å². The van der Waals surface area contributed by atoms with Crippen LogP contribution in [0.3, 0.4) is 0 Å². The number of fused-ring (bicyclic) bond motifs is 1. The van der Waals surface area contributed by atoms with Crippen LogP contribution in [0.2, 0.25) is 0 Å². The minimum absolute atomic E-state index is 0.00460. The van der Waals surface area contributed by atoms with Gasteiger partial charge in [0, 0.05) is 36.8 Å². The van der Waals surface area contributed by atoms with E-state index in [-0.39, 0.29) is 29.2 Å². The number of piperidine rings is 1. The molecule has 0 saturated carbocycles. The number of halogens is 1. The van der Waals surface area contributed by atoms with E-state index in [0.717, 1.165) is 36.9 Å². The zero-order valence-corrected chi connectivity index (χ0v) is 16.7. The molecule has 5 nitrogen and oxygen atoms in total. The van der Waals surface area contributed by atoms with E-state index in [1.807, 2.05) is 11.0 Å². The number of hydrogen-bond donors (Lipinski definition) is 1. The lowest BCUT2D eigenvalue weighted by Gasteiger charge is -2.47. The average Bonchev–Trinajstić information content (AvgIpc) is 2.84. The van der Waals surface area contributed by atoms with Gasteiger partial charge in [-0.15, -0.1) is 0 Å². The van der Waals surface area contributed by atoms with E-state index in [9.17, 15) is 14.0 Å². The molecule has 6 heteroatoms. The fourth-order valence-electron chi connectivity index (χ4n) is 4.71. The van der Waals surface area contributed by atoms with E-state index in [4.69, 9.17) is 0 Å². The largest absolute Gasteiger partial charge is 0.349 e. The molecule has 29 heavy (non-hydrogen) atoms. The number of aromatic nitrogens is 1. The van der Waals surface area contributed by atoms with Gasteiger partial charge in [-0.3, -0.25) is 14.6 Å². The van der Waals surface area contributed by atoms with Crippen LogP contribution in [0.25, 0.3) is 0 Å². The molecule has 0 bridgehead atoms. The van der Waals surface area contributed by atoms with E-state index in [2.05, 4.69) is 17.2 Å². The Morgan fingerprint density at radius 2 is 2.17 bits per heavy atom. The molecule has 0 spiro atoms. The number of rotatable bonds is 3. The second kappa shape index (κ2) is 7.93. The number of nitrogens with zero attached hydrogens (tertiary/aromatic N) is 2. The maximum Gasteiger partial charge on any atom is 0.254 e. The van der Waals surface area contributed by atoms with Crippen molar-refractivity contribution in [3.05, 3.63) is 65.2 Å². The summed E-state index contributed by atoms with van der Waals surface area (Å²) in [6, 6.07) is 9.96. The SMILES string of the molecule is C[C@]12CCCN(C(=O)c3ccnc(Cc4cccc(F)c4)c3)[C@H]1CCCC(=O)N2. The second-order valence-electron chi connectivity index (χ2n) is 8.32. The molecule has 0 unspecified atom stereocenters. The van der Waals surface area contributed by atoms with Crippen LogP contribution in [0.15, 0.2) is 42.6 Å². The molecule has 0 radical (unpaired) electrons. The lowest BCUT2D eigenvalue weighted by molar-refractivity contribution is -0.123. The number of hydrogen-bond acceptors (Lipinski definition) is 3. The number of likely N-dealkylation sites (tertiary alicyclic amines) is 1. The van der Waals surface area contributed by atoms with Crippen molar-refractivity contribution in [3.63, 3.8) is 0 Å². The number of pyridine rings is 1. The maximum absolute atomic E-state index is 13.5. The molecule has 1 N–H and O–H groups in total. The molecular formula is C23H26FN3O2. The fourth-order valence-corrected chi connectivity index (χ4v) is 4.71. The standard InChI is InChI=1S/C23H26FN3O2/c1-23-10-4-12-27(20(23)7-3-8-21(28)26-23)22(29)17-9-11-25-19(15-17)14-16-5-2-6-18(24)13-16/h2,5-6,9,11,13,15,20H,3-4,7-8,10,12,14H2,1H3,(H,26,28)/t20-,23-/m0/s1. The Labute approximate surface area is 170 Å². The molecule has 2 atom stereocenters. The Kier molecular flexibility index (Phi) is 5.35. The summed E-state index contributed by atoms with van der Waals surface area (Å²) in [6.07, 6.45) is 5.98. The zero-order chi connectivity index (χ0) is 20.4. The van der Waals surface area contributed by atoms with Gasteiger partial charge < -0.3 is 10.2 Å². The van der Waals surface area contributed by atoms with Crippen molar-refractivity contribution in [2.24, 2.45) is 0 Å². The first-order chi connectivity index (χ1) is 13.9. The van der Waals surface area contributed by atoms with Crippen molar-refractivity contribution in [1.29, 1.82) is 0 Å². The molecule has 2 aliphatic rings. The Hall–Kier alpha value is -2.76. The number of carbonyl (C=O) groups is 2. The third-order valence-electron chi connectivity index (χ3n) is 6.11. The Morgan fingerprint density at radius 1 is 1.31 bits per heavy atom. The summed E-state index contributed by atoms with van der Waals surface area (Å²) in [5, 5.41) is 3.16. The van der Waals surface area contributed by atoms with Crippen molar-refractivity contribution in [2.45, 2.75) is 57.0 Å². The molecule has 0 aliphatic carbocycles.